The SMILES string of the molecule is N[14C](=O)CCl. The molecule has 0 fully saturated rings. The Balaban J connectivity index is 2.85. The molecule has 0 aliphatic heterocycles. The van der Waals surface area contributed by atoms with Crippen LogP contribution in [0.5, 0.6) is 0 Å². The average Bonchev–Trinajstić information content (AvgIpc) is 1.38. The monoisotopic (exact) mass is 95.0 g/mol. The molecule has 2 N–H and O–H groups in total. The molecule has 0 atom stereocenters. The van der Waals surface area contributed by atoms with Gasteiger partial charge in [0.2, 0.25) is 5.91 Å². The minimum atomic E-state index is -0.480. The first-order valence-electron chi connectivity index (χ1n) is 1.11. The molecule has 0 aliphatic carbocycles. The number of nitrogens with two attached hydrogens (primary N) is 1. The molecule has 0 rings (SSSR count). The van der Waals surface area contributed by atoms with Crippen molar-refractivity contribution >= 4 is 17.5 Å². The zero-order valence-electron chi connectivity index (χ0n) is 2.57. The Morgan fingerprint density at radius 1 is 2.00 bits per heavy atom. The summed E-state index contributed by atoms with van der Waals surface area (Å²) < 4.78 is 0. The number of amides is 1. The van der Waals surface area contributed by atoms with Gasteiger partial charge in [-0.2, -0.15) is 0 Å². The summed E-state index contributed by atoms with van der Waals surface area (Å²) in [5.41, 5.74) is 4.52. The maximum absolute atomic E-state index is 9.46. The lowest BCUT2D eigenvalue weighted by molar-refractivity contribution is -0.115. The summed E-state index contributed by atoms with van der Waals surface area (Å²) in [6.45, 7) is 0. The van der Waals surface area contributed by atoms with Crippen LogP contribution in [0.25, 0.3) is 0 Å². The predicted molar refractivity (Wildman–Crippen MR) is 19.9 cm³/mol. The maximum Gasteiger partial charge on any atom is 0.232 e. The quantitative estimate of drug-likeness (QED) is 0.447. The van der Waals surface area contributed by atoms with Gasteiger partial charge in [-0.3, -0.25) is 4.79 Å². The lowest BCUT2D eigenvalue weighted by atomic mass is 11.5. The van der Waals surface area contributed by atoms with Crippen LogP contribution in [0.1, 0.15) is 0 Å². The highest BCUT2D eigenvalue weighted by Crippen LogP contribution is 1.64. The fourth-order valence-corrected chi connectivity index (χ4v) is 0. The van der Waals surface area contributed by atoms with E-state index < -0.39 is 5.91 Å². The third kappa shape index (κ3) is 3.76. The van der Waals surface area contributed by atoms with E-state index in [2.05, 4.69) is 5.73 Å². The van der Waals surface area contributed by atoms with Gasteiger partial charge in [-0.1, -0.05) is 0 Å². The van der Waals surface area contributed by atoms with E-state index in [1.54, 1.807) is 0 Å². The molecule has 3 heteroatoms. The normalized spacial score (nSPS) is 7.40. The van der Waals surface area contributed by atoms with Gasteiger partial charge >= 0.3 is 0 Å². The van der Waals surface area contributed by atoms with Gasteiger partial charge < -0.3 is 5.73 Å². The Bertz CT molecular complexity index is 44.9. The molecule has 0 aromatic rings. The highest BCUT2D eigenvalue weighted by atomic mass is 35.5. The summed E-state index contributed by atoms with van der Waals surface area (Å²) >= 11 is 4.86. The Labute approximate surface area is 34.9 Å². The Morgan fingerprint density at radius 3 is 2.20 bits per heavy atom. The van der Waals surface area contributed by atoms with Crippen LogP contribution in [0, 0.1) is 0 Å². The molecule has 0 radical (unpaired) electrons. The van der Waals surface area contributed by atoms with Gasteiger partial charge in [0, 0.05) is 0 Å². The third-order valence-corrected chi connectivity index (χ3v) is 0.395. The summed E-state index contributed by atoms with van der Waals surface area (Å²) in [6, 6.07) is 0. The van der Waals surface area contributed by atoms with Crippen molar-refractivity contribution in [2.45, 2.75) is 0 Å². The Morgan fingerprint density at radius 2 is 2.20 bits per heavy atom. The third-order valence-electron chi connectivity index (χ3n) is 0.132. The van der Waals surface area contributed by atoms with Crippen molar-refractivity contribution in [1.82, 2.24) is 0 Å². The molecule has 0 saturated heterocycles. The van der Waals surface area contributed by atoms with Crippen molar-refractivity contribution in [2.75, 3.05) is 5.88 Å². The number of rotatable bonds is 1. The van der Waals surface area contributed by atoms with E-state index in [-0.39, 0.29) is 5.88 Å². The Hall–Kier alpha value is -0.240. The molecule has 0 saturated carbocycles. The minimum absolute atomic E-state index is 0.0833. The molecular formula is C2H4ClNO. The topological polar surface area (TPSA) is 43.1 Å². The summed E-state index contributed by atoms with van der Waals surface area (Å²) in [4.78, 5) is 9.46. The molecule has 0 aromatic carbocycles. The van der Waals surface area contributed by atoms with Crippen molar-refractivity contribution in [3.63, 3.8) is 0 Å². The second-order valence-electron chi connectivity index (χ2n) is 0.600. The summed E-state index contributed by atoms with van der Waals surface area (Å²) in [5.74, 6) is -0.563. The summed E-state index contributed by atoms with van der Waals surface area (Å²) in [6.07, 6.45) is 0. The largest absolute Gasteiger partial charge is 0.369 e. The Kier molecular flexibility index (Phi) is 1.93. The van der Waals surface area contributed by atoms with Crippen LogP contribution in [0.3, 0.4) is 0 Å². The van der Waals surface area contributed by atoms with Crippen LogP contribution in [0.15, 0.2) is 0 Å². The minimum Gasteiger partial charge on any atom is -0.369 e. The summed E-state index contributed by atoms with van der Waals surface area (Å²) in [5, 5.41) is 0. The second-order valence-corrected chi connectivity index (χ2v) is 0.867. The highest BCUT2D eigenvalue weighted by Gasteiger charge is 1.79. The fraction of sp³-hybridized carbons (Fsp3) is 0.500. The van der Waals surface area contributed by atoms with Crippen LogP contribution >= 0.6 is 11.6 Å². The van der Waals surface area contributed by atoms with Gasteiger partial charge in [0.25, 0.3) is 0 Å². The first-order valence-corrected chi connectivity index (χ1v) is 1.65. The maximum atomic E-state index is 9.46. The van der Waals surface area contributed by atoms with Gasteiger partial charge in [0.15, 0.2) is 0 Å². The van der Waals surface area contributed by atoms with Crippen molar-refractivity contribution in [2.24, 2.45) is 5.73 Å². The molecule has 0 spiro atoms. The molecule has 0 aromatic heterocycles. The zero-order chi connectivity index (χ0) is 4.28. The number of hydrogen-bond donors (Lipinski definition) is 1. The van der Waals surface area contributed by atoms with E-state index in [0.29, 0.717) is 0 Å². The van der Waals surface area contributed by atoms with Gasteiger partial charge in [-0.25, -0.2) is 0 Å². The van der Waals surface area contributed by atoms with Gasteiger partial charge in [0.1, 0.15) is 5.88 Å². The smallest absolute Gasteiger partial charge is 0.232 e. The lowest BCUT2D eigenvalue weighted by Gasteiger charge is -1.71. The van der Waals surface area contributed by atoms with Crippen LogP contribution in [-0.4, -0.2) is 11.8 Å². The highest BCUT2D eigenvalue weighted by molar-refractivity contribution is 6.27. The number of hydrogen-bond acceptors (Lipinski definition) is 1. The van der Waals surface area contributed by atoms with Crippen LogP contribution in [-0.2, 0) is 4.79 Å². The summed E-state index contributed by atoms with van der Waals surface area (Å²) in [7, 11) is 0. The molecular weight excluding hydrogens is 91.5 g/mol. The number of alkyl halides is 1. The van der Waals surface area contributed by atoms with E-state index in [9.17, 15) is 4.79 Å². The molecule has 30 valence electrons. The molecule has 1 amide bonds. The zero-order valence-corrected chi connectivity index (χ0v) is 3.33. The van der Waals surface area contributed by atoms with E-state index in [1.165, 1.54) is 0 Å². The number of carbonyl (C=O) groups excluding carboxylic acids is 1. The second kappa shape index (κ2) is 2.03. The first-order chi connectivity index (χ1) is 2.27. The first kappa shape index (κ1) is 4.76. The average molecular weight is 95.5 g/mol. The van der Waals surface area contributed by atoms with Crippen LogP contribution in [0.4, 0.5) is 0 Å². The van der Waals surface area contributed by atoms with Crippen molar-refractivity contribution in [1.29, 1.82) is 0 Å². The predicted octanol–water partition coefficient (Wildman–Crippen LogP) is -0.290. The van der Waals surface area contributed by atoms with Crippen molar-refractivity contribution < 1.29 is 4.79 Å². The molecule has 0 aliphatic rings. The van der Waals surface area contributed by atoms with Gasteiger partial charge in [0.05, 0.1) is 0 Å². The molecule has 0 unspecified atom stereocenters. The van der Waals surface area contributed by atoms with E-state index in [1.807, 2.05) is 0 Å². The fourth-order valence-electron chi connectivity index (χ4n) is 0. The van der Waals surface area contributed by atoms with Gasteiger partial charge in [-0.05, 0) is 0 Å². The van der Waals surface area contributed by atoms with Gasteiger partial charge in [-0.15, -0.1) is 11.6 Å². The van der Waals surface area contributed by atoms with E-state index in [0.717, 1.165) is 0 Å². The molecule has 0 heterocycles. The number of halogens is 1. The lowest BCUT2D eigenvalue weighted by Crippen LogP contribution is -2.10. The van der Waals surface area contributed by atoms with Crippen molar-refractivity contribution in [3.05, 3.63) is 0 Å². The van der Waals surface area contributed by atoms with E-state index in [4.69, 9.17) is 11.6 Å². The van der Waals surface area contributed by atoms with Crippen molar-refractivity contribution in [3.8, 4) is 0 Å². The standard InChI is InChI=1S/C2H4ClNO/c3-1-2(4)5/h1H2,(H2,4,5)/i2+2. The number of primary amides is 1. The van der Waals surface area contributed by atoms with Crippen LogP contribution in [0.2, 0.25) is 0 Å². The molecule has 5 heavy (non-hydrogen) atoms. The molecule has 0 bridgehead atoms. The van der Waals surface area contributed by atoms with E-state index >= 15 is 0 Å². The van der Waals surface area contributed by atoms with Crippen LogP contribution < -0.4 is 5.73 Å². The number of carbonyl (C=O) groups is 1. The molecule has 2 nitrogen and oxygen atoms in total.